The third kappa shape index (κ3) is 2.96. The second kappa shape index (κ2) is 5.02. The number of rotatable bonds is 3. The highest BCUT2D eigenvalue weighted by molar-refractivity contribution is 5.46. The lowest BCUT2D eigenvalue weighted by molar-refractivity contribution is 0.0185. The highest BCUT2D eigenvalue weighted by Crippen LogP contribution is 2.25. The number of benzene rings is 1. The molecule has 17 heavy (non-hydrogen) atoms. The molecule has 4 heteroatoms. The summed E-state index contributed by atoms with van der Waals surface area (Å²) in [6.45, 7) is 2.25. The Morgan fingerprint density at radius 2 is 1.88 bits per heavy atom. The number of piperidine rings is 1. The first kappa shape index (κ1) is 12.3. The van der Waals surface area contributed by atoms with Gasteiger partial charge < -0.3 is 15.3 Å². The van der Waals surface area contributed by atoms with Crippen LogP contribution in [0.4, 0.5) is 10.1 Å². The van der Waals surface area contributed by atoms with Crippen LogP contribution in [0.15, 0.2) is 24.3 Å². The van der Waals surface area contributed by atoms with Crippen molar-refractivity contribution in [3.8, 4) is 0 Å². The number of nitrogens with one attached hydrogen (secondary N) is 1. The summed E-state index contributed by atoms with van der Waals surface area (Å²) in [5.74, 6) is -0.211. The largest absolute Gasteiger partial charge is 0.388 e. The van der Waals surface area contributed by atoms with Gasteiger partial charge in [0.2, 0.25) is 0 Å². The number of aliphatic hydroxyl groups is 1. The van der Waals surface area contributed by atoms with Crippen LogP contribution in [0.5, 0.6) is 0 Å². The van der Waals surface area contributed by atoms with Crippen molar-refractivity contribution in [1.29, 1.82) is 0 Å². The van der Waals surface area contributed by atoms with Crippen LogP contribution in [0.25, 0.3) is 0 Å². The first-order valence-electron chi connectivity index (χ1n) is 6.00. The van der Waals surface area contributed by atoms with E-state index in [1.54, 1.807) is 12.1 Å². The first-order valence-corrected chi connectivity index (χ1v) is 6.00. The maximum Gasteiger partial charge on any atom is 0.123 e. The summed E-state index contributed by atoms with van der Waals surface area (Å²) in [6, 6.07) is 6.53. The molecule has 1 aliphatic heterocycles. The van der Waals surface area contributed by atoms with E-state index in [1.165, 1.54) is 12.1 Å². The normalized spacial score (nSPS) is 19.4. The van der Waals surface area contributed by atoms with Gasteiger partial charge in [-0.3, -0.25) is 0 Å². The molecular weight excluding hydrogens is 219 g/mol. The number of halogens is 1. The van der Waals surface area contributed by atoms with E-state index >= 15 is 0 Å². The minimum absolute atomic E-state index is 0.211. The molecule has 0 aromatic heterocycles. The molecule has 0 amide bonds. The number of anilines is 1. The molecule has 1 aliphatic rings. The van der Waals surface area contributed by atoms with Crippen molar-refractivity contribution >= 4 is 5.69 Å². The highest BCUT2D eigenvalue weighted by Gasteiger charge is 2.31. The van der Waals surface area contributed by atoms with Crippen LogP contribution in [0.1, 0.15) is 12.8 Å². The third-order valence-electron chi connectivity index (χ3n) is 3.39. The summed E-state index contributed by atoms with van der Waals surface area (Å²) < 4.78 is 12.8. The average molecular weight is 238 g/mol. The maximum absolute atomic E-state index is 12.8. The fraction of sp³-hybridized carbons (Fsp3) is 0.538. The lowest BCUT2D eigenvalue weighted by Gasteiger charge is -2.39. The van der Waals surface area contributed by atoms with Crippen molar-refractivity contribution in [2.45, 2.75) is 18.4 Å². The zero-order valence-corrected chi connectivity index (χ0v) is 10.1. The predicted octanol–water partition coefficient (Wildman–Crippen LogP) is 1.38. The molecule has 0 atom stereocenters. The van der Waals surface area contributed by atoms with Crippen molar-refractivity contribution < 1.29 is 9.50 Å². The van der Waals surface area contributed by atoms with Gasteiger partial charge in [-0.2, -0.15) is 0 Å². The van der Waals surface area contributed by atoms with Gasteiger partial charge in [-0.05, 0) is 44.2 Å². The smallest absolute Gasteiger partial charge is 0.123 e. The molecule has 0 spiro atoms. The predicted molar refractivity (Wildman–Crippen MR) is 66.7 cm³/mol. The maximum atomic E-state index is 12.8. The number of hydrogen-bond acceptors (Lipinski definition) is 3. The van der Waals surface area contributed by atoms with E-state index in [1.807, 2.05) is 7.05 Å². The number of hydrogen-bond donors (Lipinski definition) is 2. The minimum atomic E-state index is -0.592. The van der Waals surface area contributed by atoms with Crippen molar-refractivity contribution in [2.75, 3.05) is 31.6 Å². The molecule has 0 aliphatic carbocycles. The molecule has 1 aromatic carbocycles. The molecule has 0 radical (unpaired) electrons. The van der Waals surface area contributed by atoms with Gasteiger partial charge in [0.05, 0.1) is 5.60 Å². The van der Waals surface area contributed by atoms with E-state index in [-0.39, 0.29) is 5.82 Å². The Balaban J connectivity index is 1.97. The quantitative estimate of drug-likeness (QED) is 0.835. The lowest BCUT2D eigenvalue weighted by Crippen LogP contribution is -2.49. The molecule has 0 unspecified atom stereocenters. The van der Waals surface area contributed by atoms with Crippen molar-refractivity contribution in [2.24, 2.45) is 0 Å². The zero-order chi connectivity index (χ0) is 12.3. The molecule has 94 valence electrons. The van der Waals surface area contributed by atoms with Gasteiger partial charge in [-0.1, -0.05) is 0 Å². The van der Waals surface area contributed by atoms with Crippen LogP contribution in [0.2, 0.25) is 0 Å². The van der Waals surface area contributed by atoms with Gasteiger partial charge in [0.25, 0.3) is 0 Å². The molecule has 2 rings (SSSR count). The van der Waals surface area contributed by atoms with Crippen LogP contribution >= 0.6 is 0 Å². The van der Waals surface area contributed by atoms with Crippen LogP contribution < -0.4 is 10.2 Å². The van der Waals surface area contributed by atoms with Gasteiger partial charge in [-0.15, -0.1) is 0 Å². The van der Waals surface area contributed by atoms with E-state index in [0.717, 1.165) is 31.6 Å². The topological polar surface area (TPSA) is 35.5 Å². The SMILES string of the molecule is CNCC1(O)CCN(c2ccc(F)cc2)CC1. The summed E-state index contributed by atoms with van der Waals surface area (Å²) >= 11 is 0. The first-order chi connectivity index (χ1) is 8.13. The lowest BCUT2D eigenvalue weighted by atomic mass is 9.91. The van der Waals surface area contributed by atoms with E-state index in [4.69, 9.17) is 0 Å². The van der Waals surface area contributed by atoms with Crippen molar-refractivity contribution in [3.05, 3.63) is 30.1 Å². The van der Waals surface area contributed by atoms with Crippen molar-refractivity contribution in [3.63, 3.8) is 0 Å². The van der Waals surface area contributed by atoms with Crippen LogP contribution in [0.3, 0.4) is 0 Å². The third-order valence-corrected chi connectivity index (χ3v) is 3.39. The summed E-state index contributed by atoms with van der Waals surface area (Å²) in [5.41, 5.74) is 0.434. The Hall–Kier alpha value is -1.13. The molecule has 0 saturated carbocycles. The second-order valence-electron chi connectivity index (χ2n) is 4.72. The molecule has 0 bridgehead atoms. The molecule has 2 N–H and O–H groups in total. The van der Waals surface area contributed by atoms with Gasteiger partial charge >= 0.3 is 0 Å². The summed E-state index contributed by atoms with van der Waals surface area (Å²) in [6.07, 6.45) is 1.48. The standard InChI is InChI=1S/C13H19FN2O/c1-15-10-13(17)6-8-16(9-7-13)12-4-2-11(14)3-5-12/h2-5,15,17H,6-10H2,1H3. The minimum Gasteiger partial charge on any atom is -0.388 e. The number of nitrogens with zero attached hydrogens (tertiary/aromatic N) is 1. The Morgan fingerprint density at radius 3 is 2.41 bits per heavy atom. The molecule has 1 heterocycles. The van der Waals surface area contributed by atoms with Gasteiger partial charge in [-0.25, -0.2) is 4.39 Å². The Morgan fingerprint density at radius 1 is 1.29 bits per heavy atom. The molecule has 1 fully saturated rings. The molecular formula is C13H19FN2O. The molecule has 3 nitrogen and oxygen atoms in total. The van der Waals surface area contributed by atoms with E-state index in [0.29, 0.717) is 6.54 Å². The Kier molecular flexibility index (Phi) is 3.64. The summed E-state index contributed by atoms with van der Waals surface area (Å²) in [5, 5.41) is 13.3. The van der Waals surface area contributed by atoms with Crippen LogP contribution in [0, 0.1) is 5.82 Å². The fourth-order valence-corrected chi connectivity index (χ4v) is 2.34. The monoisotopic (exact) mass is 238 g/mol. The second-order valence-corrected chi connectivity index (χ2v) is 4.72. The van der Waals surface area contributed by atoms with E-state index in [9.17, 15) is 9.50 Å². The number of likely N-dealkylation sites (N-methyl/N-ethyl adjacent to an activating group) is 1. The molecule has 1 saturated heterocycles. The summed E-state index contributed by atoms with van der Waals surface area (Å²) in [4.78, 5) is 2.18. The fourth-order valence-electron chi connectivity index (χ4n) is 2.34. The van der Waals surface area contributed by atoms with Crippen LogP contribution in [-0.4, -0.2) is 37.4 Å². The van der Waals surface area contributed by atoms with E-state index in [2.05, 4.69) is 10.2 Å². The zero-order valence-electron chi connectivity index (χ0n) is 10.1. The summed E-state index contributed by atoms with van der Waals surface area (Å²) in [7, 11) is 1.85. The highest BCUT2D eigenvalue weighted by atomic mass is 19.1. The Labute approximate surface area is 101 Å². The van der Waals surface area contributed by atoms with E-state index < -0.39 is 5.60 Å². The van der Waals surface area contributed by atoms with Gasteiger partial charge in [0, 0.05) is 25.3 Å². The van der Waals surface area contributed by atoms with Crippen LogP contribution in [-0.2, 0) is 0 Å². The average Bonchev–Trinajstić information content (AvgIpc) is 2.31. The van der Waals surface area contributed by atoms with Gasteiger partial charge in [0.1, 0.15) is 5.82 Å². The van der Waals surface area contributed by atoms with Gasteiger partial charge in [0.15, 0.2) is 0 Å². The van der Waals surface area contributed by atoms with Crippen molar-refractivity contribution in [1.82, 2.24) is 5.32 Å². The molecule has 1 aromatic rings. The Bertz CT molecular complexity index is 358.